The van der Waals surface area contributed by atoms with E-state index in [1.807, 2.05) is 10.8 Å². The van der Waals surface area contributed by atoms with E-state index < -0.39 is 0 Å². The van der Waals surface area contributed by atoms with Gasteiger partial charge in [0.15, 0.2) is 11.5 Å². The molecule has 0 spiro atoms. The fourth-order valence-electron chi connectivity index (χ4n) is 1.30. The standard InChI is InChI=1S/C9H13NO3S/c11-2-1-10-3-7-4-12-8-5-14-6-9(8)13-7/h5-7,10-11H,1-4H2. The van der Waals surface area contributed by atoms with Gasteiger partial charge in [-0.2, -0.15) is 0 Å². The average Bonchev–Trinajstić information content (AvgIpc) is 2.65. The minimum Gasteiger partial charge on any atom is -0.485 e. The van der Waals surface area contributed by atoms with E-state index in [2.05, 4.69) is 5.32 Å². The summed E-state index contributed by atoms with van der Waals surface area (Å²) in [5, 5.41) is 15.5. The van der Waals surface area contributed by atoms with Gasteiger partial charge in [-0.1, -0.05) is 0 Å². The Labute approximate surface area is 86.5 Å². The molecule has 2 rings (SSSR count). The van der Waals surface area contributed by atoms with Crippen molar-refractivity contribution >= 4 is 11.3 Å². The average molecular weight is 215 g/mol. The third-order valence-electron chi connectivity index (χ3n) is 1.97. The van der Waals surface area contributed by atoms with Crippen molar-refractivity contribution in [1.82, 2.24) is 5.32 Å². The second-order valence-electron chi connectivity index (χ2n) is 3.08. The van der Waals surface area contributed by atoms with Gasteiger partial charge in [0.25, 0.3) is 0 Å². The second kappa shape index (κ2) is 4.63. The lowest BCUT2D eigenvalue weighted by Gasteiger charge is -2.24. The first-order chi connectivity index (χ1) is 6.90. The van der Waals surface area contributed by atoms with Gasteiger partial charge in [-0.25, -0.2) is 0 Å². The maximum absolute atomic E-state index is 8.59. The molecular weight excluding hydrogens is 202 g/mol. The zero-order valence-corrected chi connectivity index (χ0v) is 8.55. The molecule has 2 heterocycles. The number of hydrogen-bond acceptors (Lipinski definition) is 5. The molecule has 1 aliphatic rings. The summed E-state index contributed by atoms with van der Waals surface area (Å²) in [6.07, 6.45) is 0.0450. The molecule has 1 atom stereocenters. The summed E-state index contributed by atoms with van der Waals surface area (Å²) in [7, 11) is 0. The molecule has 5 heteroatoms. The zero-order valence-electron chi connectivity index (χ0n) is 7.73. The highest BCUT2D eigenvalue weighted by atomic mass is 32.1. The summed E-state index contributed by atoms with van der Waals surface area (Å²) in [6.45, 7) is 2.02. The number of nitrogens with one attached hydrogen (secondary N) is 1. The lowest BCUT2D eigenvalue weighted by atomic mass is 10.3. The number of fused-ring (bicyclic) bond motifs is 1. The predicted octanol–water partition coefficient (Wildman–Crippen LogP) is 0.470. The molecule has 2 N–H and O–H groups in total. The van der Waals surface area contributed by atoms with Crippen LogP contribution in [-0.2, 0) is 0 Å². The number of rotatable bonds is 4. The van der Waals surface area contributed by atoms with Gasteiger partial charge in [-0.15, -0.1) is 11.3 Å². The van der Waals surface area contributed by atoms with Gasteiger partial charge in [0, 0.05) is 23.8 Å². The molecule has 0 bridgehead atoms. The fourth-order valence-corrected chi connectivity index (χ4v) is 1.97. The summed E-state index contributed by atoms with van der Waals surface area (Å²) in [5.74, 6) is 1.67. The van der Waals surface area contributed by atoms with Crippen molar-refractivity contribution in [1.29, 1.82) is 0 Å². The van der Waals surface area contributed by atoms with E-state index >= 15 is 0 Å². The molecule has 1 unspecified atom stereocenters. The first kappa shape index (κ1) is 9.76. The van der Waals surface area contributed by atoms with Crippen LogP contribution < -0.4 is 14.8 Å². The van der Waals surface area contributed by atoms with Crippen molar-refractivity contribution < 1.29 is 14.6 Å². The molecule has 1 aromatic heterocycles. The Hall–Kier alpha value is -0.780. The number of thiophene rings is 1. The summed E-state index contributed by atoms with van der Waals surface area (Å²) >= 11 is 1.58. The first-order valence-electron chi connectivity index (χ1n) is 4.57. The van der Waals surface area contributed by atoms with Crippen molar-refractivity contribution in [2.75, 3.05) is 26.3 Å². The number of aliphatic hydroxyl groups excluding tert-OH is 1. The van der Waals surface area contributed by atoms with Gasteiger partial charge in [0.1, 0.15) is 12.7 Å². The third-order valence-corrected chi connectivity index (χ3v) is 2.67. The Bertz CT molecular complexity index is 289. The Kier molecular flexibility index (Phi) is 3.23. The van der Waals surface area contributed by atoms with Crippen LogP contribution >= 0.6 is 11.3 Å². The molecule has 0 aliphatic carbocycles. The van der Waals surface area contributed by atoms with Gasteiger partial charge in [-0.3, -0.25) is 0 Å². The van der Waals surface area contributed by atoms with Crippen molar-refractivity contribution in [2.24, 2.45) is 0 Å². The molecule has 0 fully saturated rings. The molecule has 0 saturated heterocycles. The summed E-state index contributed by atoms with van der Waals surface area (Å²) in [4.78, 5) is 0. The van der Waals surface area contributed by atoms with E-state index in [0.717, 1.165) is 11.5 Å². The highest BCUT2D eigenvalue weighted by Gasteiger charge is 2.20. The minimum atomic E-state index is 0.0450. The van der Waals surface area contributed by atoms with E-state index in [-0.39, 0.29) is 12.7 Å². The van der Waals surface area contributed by atoms with E-state index in [0.29, 0.717) is 19.7 Å². The predicted molar refractivity (Wildman–Crippen MR) is 54.2 cm³/mol. The smallest absolute Gasteiger partial charge is 0.172 e. The molecule has 1 aliphatic heterocycles. The minimum absolute atomic E-state index is 0.0450. The summed E-state index contributed by atoms with van der Waals surface area (Å²) in [5.41, 5.74) is 0. The van der Waals surface area contributed by atoms with Crippen LogP contribution in [-0.4, -0.2) is 37.5 Å². The van der Waals surface area contributed by atoms with Gasteiger partial charge in [0.05, 0.1) is 6.61 Å². The number of aliphatic hydroxyl groups is 1. The van der Waals surface area contributed by atoms with Gasteiger partial charge in [0.2, 0.25) is 0 Å². The molecular formula is C9H13NO3S. The van der Waals surface area contributed by atoms with E-state index in [4.69, 9.17) is 14.6 Å². The Morgan fingerprint density at radius 1 is 1.50 bits per heavy atom. The van der Waals surface area contributed by atoms with Crippen molar-refractivity contribution in [3.63, 3.8) is 0 Å². The molecule has 0 amide bonds. The molecule has 1 aromatic rings. The monoisotopic (exact) mass is 215 g/mol. The molecule has 0 saturated carbocycles. The lowest BCUT2D eigenvalue weighted by molar-refractivity contribution is 0.0908. The van der Waals surface area contributed by atoms with Crippen LogP contribution in [0.15, 0.2) is 10.8 Å². The molecule has 0 radical (unpaired) electrons. The van der Waals surface area contributed by atoms with Crippen LogP contribution in [0, 0.1) is 0 Å². The molecule has 14 heavy (non-hydrogen) atoms. The summed E-state index contributed by atoms with van der Waals surface area (Å²) < 4.78 is 11.1. The van der Waals surface area contributed by atoms with E-state index in [1.165, 1.54) is 0 Å². The maximum atomic E-state index is 8.59. The van der Waals surface area contributed by atoms with Gasteiger partial charge >= 0.3 is 0 Å². The fraction of sp³-hybridized carbons (Fsp3) is 0.556. The zero-order chi connectivity index (χ0) is 9.80. The van der Waals surface area contributed by atoms with Crippen LogP contribution in [0.2, 0.25) is 0 Å². The lowest BCUT2D eigenvalue weighted by Crippen LogP contribution is -2.39. The van der Waals surface area contributed by atoms with Crippen LogP contribution in [0.5, 0.6) is 11.5 Å². The Morgan fingerprint density at radius 3 is 3.21 bits per heavy atom. The quantitative estimate of drug-likeness (QED) is 0.717. The number of hydrogen-bond donors (Lipinski definition) is 2. The highest BCUT2D eigenvalue weighted by molar-refractivity contribution is 7.08. The second-order valence-corrected chi connectivity index (χ2v) is 3.82. The maximum Gasteiger partial charge on any atom is 0.172 e. The van der Waals surface area contributed by atoms with Crippen LogP contribution in [0.25, 0.3) is 0 Å². The molecule has 4 nitrogen and oxygen atoms in total. The first-order valence-corrected chi connectivity index (χ1v) is 5.51. The number of ether oxygens (including phenoxy) is 2. The van der Waals surface area contributed by atoms with Crippen molar-refractivity contribution in [3.8, 4) is 11.5 Å². The van der Waals surface area contributed by atoms with Crippen LogP contribution in [0.3, 0.4) is 0 Å². The summed E-state index contributed by atoms with van der Waals surface area (Å²) in [6, 6.07) is 0. The van der Waals surface area contributed by atoms with E-state index in [1.54, 1.807) is 11.3 Å². The highest BCUT2D eigenvalue weighted by Crippen LogP contribution is 2.34. The third kappa shape index (κ3) is 2.17. The Balaban J connectivity index is 1.82. The topological polar surface area (TPSA) is 50.7 Å². The molecule has 78 valence electrons. The van der Waals surface area contributed by atoms with E-state index in [9.17, 15) is 0 Å². The van der Waals surface area contributed by atoms with Crippen molar-refractivity contribution in [2.45, 2.75) is 6.10 Å². The SMILES string of the molecule is OCCNCC1COc2cscc2O1. The van der Waals surface area contributed by atoms with Crippen LogP contribution in [0.1, 0.15) is 0 Å². The van der Waals surface area contributed by atoms with Crippen LogP contribution in [0.4, 0.5) is 0 Å². The van der Waals surface area contributed by atoms with Gasteiger partial charge < -0.3 is 19.9 Å². The normalized spacial score (nSPS) is 19.6. The van der Waals surface area contributed by atoms with Gasteiger partial charge in [-0.05, 0) is 0 Å². The largest absolute Gasteiger partial charge is 0.485 e. The van der Waals surface area contributed by atoms with Crippen molar-refractivity contribution in [3.05, 3.63) is 10.8 Å². The Morgan fingerprint density at radius 2 is 2.36 bits per heavy atom. The molecule has 0 aromatic carbocycles.